The molecule has 0 atom stereocenters. The van der Waals surface area contributed by atoms with Crippen molar-refractivity contribution >= 4 is 10.1 Å². The summed E-state index contributed by atoms with van der Waals surface area (Å²) in [4.78, 5) is -0.108. The first-order valence-corrected chi connectivity index (χ1v) is 9.68. The van der Waals surface area contributed by atoms with Gasteiger partial charge in [-0.25, -0.2) is 0 Å². The Morgan fingerprint density at radius 2 is 1.36 bits per heavy atom. The molecule has 0 spiro atoms. The largest absolute Gasteiger partial charge is 0.494 e. The van der Waals surface area contributed by atoms with Crippen molar-refractivity contribution in [1.82, 2.24) is 0 Å². The monoisotopic (exact) mass is 328 g/mol. The fraction of sp³-hybridized carbons (Fsp3) is 0.647. The van der Waals surface area contributed by atoms with Crippen LogP contribution in [0.4, 0.5) is 0 Å². The Hall–Kier alpha value is -1.07. The molecule has 0 amide bonds. The SMILES string of the molecule is CCCCCCCCCCCOc1ccc(S(=O)(=O)O)cc1. The standard InChI is InChI=1S/C17H28O4S/c1-2-3-4-5-6-7-8-9-10-15-21-16-11-13-17(14-12-16)22(18,19)20/h11-14H,2-10,15H2,1H3,(H,18,19,20). The van der Waals surface area contributed by atoms with Crippen molar-refractivity contribution in [2.24, 2.45) is 0 Å². The number of unbranched alkanes of at least 4 members (excludes halogenated alkanes) is 8. The Kier molecular flexibility index (Phi) is 9.16. The van der Waals surface area contributed by atoms with Crippen molar-refractivity contribution in [3.8, 4) is 5.75 Å². The molecule has 0 aliphatic rings. The summed E-state index contributed by atoms with van der Waals surface area (Å²) >= 11 is 0. The van der Waals surface area contributed by atoms with Gasteiger partial charge in [-0.1, -0.05) is 58.3 Å². The predicted octanol–water partition coefficient (Wildman–Crippen LogP) is 4.84. The molecule has 0 aromatic heterocycles. The van der Waals surface area contributed by atoms with Gasteiger partial charge in [0.05, 0.1) is 11.5 Å². The summed E-state index contributed by atoms with van der Waals surface area (Å²) in [7, 11) is -4.12. The van der Waals surface area contributed by atoms with Crippen LogP contribution in [0.25, 0.3) is 0 Å². The first-order chi connectivity index (χ1) is 10.5. The van der Waals surface area contributed by atoms with E-state index in [4.69, 9.17) is 9.29 Å². The van der Waals surface area contributed by atoms with Gasteiger partial charge in [-0.05, 0) is 30.7 Å². The van der Waals surface area contributed by atoms with E-state index in [-0.39, 0.29) is 4.90 Å². The fourth-order valence-electron chi connectivity index (χ4n) is 2.31. The lowest BCUT2D eigenvalue weighted by molar-refractivity contribution is 0.304. The summed E-state index contributed by atoms with van der Waals surface area (Å²) in [6.45, 7) is 2.87. The minimum Gasteiger partial charge on any atom is -0.494 e. The maximum atomic E-state index is 10.9. The molecule has 5 heteroatoms. The van der Waals surface area contributed by atoms with Crippen molar-refractivity contribution in [3.63, 3.8) is 0 Å². The second-order valence-electron chi connectivity index (χ2n) is 5.62. The number of hydrogen-bond donors (Lipinski definition) is 1. The first kappa shape index (κ1) is 19.0. The summed E-state index contributed by atoms with van der Waals surface area (Å²) in [6.07, 6.45) is 11.4. The van der Waals surface area contributed by atoms with Crippen LogP contribution in [0.3, 0.4) is 0 Å². The van der Waals surface area contributed by atoms with Crippen LogP contribution in [0.15, 0.2) is 29.2 Å². The highest BCUT2D eigenvalue weighted by Gasteiger charge is 2.08. The van der Waals surface area contributed by atoms with Crippen LogP contribution in [0.1, 0.15) is 64.7 Å². The van der Waals surface area contributed by atoms with Crippen molar-refractivity contribution < 1.29 is 17.7 Å². The molecular formula is C17H28O4S. The average molecular weight is 328 g/mol. The maximum absolute atomic E-state index is 10.9. The number of hydrogen-bond acceptors (Lipinski definition) is 3. The van der Waals surface area contributed by atoms with E-state index >= 15 is 0 Å². The molecule has 0 fully saturated rings. The molecule has 1 rings (SSSR count). The number of benzene rings is 1. The van der Waals surface area contributed by atoms with Gasteiger partial charge in [0.15, 0.2) is 0 Å². The van der Waals surface area contributed by atoms with Gasteiger partial charge >= 0.3 is 0 Å². The third-order valence-corrected chi connectivity index (χ3v) is 4.51. The predicted molar refractivity (Wildman–Crippen MR) is 89.0 cm³/mol. The summed E-state index contributed by atoms with van der Waals surface area (Å²) < 4.78 is 36.2. The molecule has 0 saturated carbocycles. The molecule has 0 saturated heterocycles. The highest BCUT2D eigenvalue weighted by Crippen LogP contribution is 2.16. The van der Waals surface area contributed by atoms with Crippen molar-refractivity contribution in [3.05, 3.63) is 24.3 Å². The lowest BCUT2D eigenvalue weighted by Gasteiger charge is -2.06. The Morgan fingerprint density at radius 3 is 1.86 bits per heavy atom. The van der Waals surface area contributed by atoms with Gasteiger partial charge in [0, 0.05) is 0 Å². The zero-order valence-electron chi connectivity index (χ0n) is 13.5. The molecule has 4 nitrogen and oxygen atoms in total. The topological polar surface area (TPSA) is 63.6 Å². The molecule has 22 heavy (non-hydrogen) atoms. The van der Waals surface area contributed by atoms with Crippen LogP contribution >= 0.6 is 0 Å². The van der Waals surface area contributed by atoms with Gasteiger partial charge in [-0.15, -0.1) is 0 Å². The Balaban J connectivity index is 2.05. The van der Waals surface area contributed by atoms with Gasteiger partial charge in [0.1, 0.15) is 5.75 Å². The van der Waals surface area contributed by atoms with Crippen LogP contribution in [-0.4, -0.2) is 19.6 Å². The zero-order valence-corrected chi connectivity index (χ0v) is 14.3. The van der Waals surface area contributed by atoms with E-state index in [1.807, 2.05) is 0 Å². The lowest BCUT2D eigenvalue weighted by atomic mass is 10.1. The Labute approximate surface area is 134 Å². The Bertz CT molecular complexity index is 494. The van der Waals surface area contributed by atoms with E-state index in [1.165, 1.54) is 57.1 Å². The average Bonchev–Trinajstić information content (AvgIpc) is 2.49. The van der Waals surface area contributed by atoms with Crippen LogP contribution < -0.4 is 4.74 Å². The minimum atomic E-state index is -4.12. The quantitative estimate of drug-likeness (QED) is 0.440. The molecule has 0 radical (unpaired) electrons. The lowest BCUT2D eigenvalue weighted by Crippen LogP contribution is -2.00. The molecule has 1 aromatic carbocycles. The van der Waals surface area contributed by atoms with Crippen LogP contribution in [0, 0.1) is 0 Å². The first-order valence-electron chi connectivity index (χ1n) is 8.24. The number of rotatable bonds is 12. The van der Waals surface area contributed by atoms with Crippen molar-refractivity contribution in [2.45, 2.75) is 69.6 Å². The van der Waals surface area contributed by atoms with E-state index in [0.29, 0.717) is 12.4 Å². The highest BCUT2D eigenvalue weighted by molar-refractivity contribution is 7.85. The summed E-state index contributed by atoms with van der Waals surface area (Å²) in [6, 6.07) is 5.83. The molecule has 1 aromatic rings. The third kappa shape index (κ3) is 8.39. The third-order valence-electron chi connectivity index (χ3n) is 3.64. The van der Waals surface area contributed by atoms with Gasteiger partial charge in [0.25, 0.3) is 10.1 Å². The van der Waals surface area contributed by atoms with Gasteiger partial charge in [0.2, 0.25) is 0 Å². The van der Waals surface area contributed by atoms with Gasteiger partial charge in [-0.2, -0.15) is 8.42 Å². The summed E-state index contributed by atoms with van der Waals surface area (Å²) in [5.74, 6) is 0.631. The normalized spacial score (nSPS) is 11.5. The van der Waals surface area contributed by atoms with Crippen LogP contribution in [-0.2, 0) is 10.1 Å². The van der Waals surface area contributed by atoms with Crippen molar-refractivity contribution in [1.29, 1.82) is 0 Å². The summed E-state index contributed by atoms with van der Waals surface area (Å²) in [5.41, 5.74) is 0. The van der Waals surface area contributed by atoms with E-state index < -0.39 is 10.1 Å². The van der Waals surface area contributed by atoms with Gasteiger partial charge in [-0.3, -0.25) is 4.55 Å². The molecule has 0 aliphatic carbocycles. The molecular weight excluding hydrogens is 300 g/mol. The molecule has 126 valence electrons. The Morgan fingerprint density at radius 1 is 0.864 bits per heavy atom. The van der Waals surface area contributed by atoms with Gasteiger partial charge < -0.3 is 4.74 Å². The van der Waals surface area contributed by atoms with E-state index in [9.17, 15) is 8.42 Å². The summed E-state index contributed by atoms with van der Waals surface area (Å²) in [5, 5.41) is 0. The molecule has 0 bridgehead atoms. The minimum absolute atomic E-state index is 0.108. The number of ether oxygens (including phenoxy) is 1. The smallest absolute Gasteiger partial charge is 0.294 e. The highest BCUT2D eigenvalue weighted by atomic mass is 32.2. The fourth-order valence-corrected chi connectivity index (χ4v) is 2.79. The van der Waals surface area contributed by atoms with E-state index in [1.54, 1.807) is 12.1 Å². The molecule has 1 N–H and O–H groups in total. The van der Waals surface area contributed by atoms with E-state index in [2.05, 4.69) is 6.92 Å². The molecule has 0 heterocycles. The van der Waals surface area contributed by atoms with E-state index in [0.717, 1.165) is 12.8 Å². The molecule has 0 aliphatic heterocycles. The molecule has 0 unspecified atom stereocenters. The second-order valence-corrected chi connectivity index (χ2v) is 7.04. The maximum Gasteiger partial charge on any atom is 0.294 e. The second kappa shape index (κ2) is 10.6. The van der Waals surface area contributed by atoms with Crippen molar-refractivity contribution in [2.75, 3.05) is 6.61 Å². The van der Waals surface area contributed by atoms with Crippen LogP contribution in [0.5, 0.6) is 5.75 Å². The zero-order chi connectivity index (χ0) is 16.3. The van der Waals surface area contributed by atoms with Crippen LogP contribution in [0.2, 0.25) is 0 Å².